The van der Waals surface area contributed by atoms with Gasteiger partial charge in [0.15, 0.2) is 5.82 Å². The number of hydrogen-bond donors (Lipinski definition) is 3. The van der Waals surface area contributed by atoms with Gasteiger partial charge in [-0.05, 0) is 36.8 Å². The van der Waals surface area contributed by atoms with E-state index in [9.17, 15) is 17.9 Å². The van der Waals surface area contributed by atoms with Crippen molar-refractivity contribution in [3.05, 3.63) is 65.9 Å². The molecule has 2 aromatic carbocycles. The van der Waals surface area contributed by atoms with Gasteiger partial charge in [0.1, 0.15) is 17.4 Å². The third kappa shape index (κ3) is 3.40. The van der Waals surface area contributed by atoms with Gasteiger partial charge >= 0.3 is 0 Å². The van der Waals surface area contributed by atoms with Crippen molar-refractivity contribution in [2.24, 2.45) is 0 Å². The van der Waals surface area contributed by atoms with Crippen LogP contribution in [0.5, 0.6) is 0 Å². The summed E-state index contributed by atoms with van der Waals surface area (Å²) in [5, 5.41) is 3.64. The highest BCUT2D eigenvalue weighted by Crippen LogP contribution is 2.47. The molecule has 3 aromatic rings. The number of hydrogen-bond acceptors (Lipinski definition) is 5. The second-order valence-corrected chi connectivity index (χ2v) is 6.90. The Labute approximate surface area is 138 Å². The lowest BCUT2D eigenvalue weighted by Gasteiger charge is -2.32. The molecule has 0 aliphatic carbocycles. The van der Waals surface area contributed by atoms with Crippen LogP contribution in [0.4, 0.5) is 14.6 Å². The zero-order chi connectivity index (χ0) is 17.3. The van der Waals surface area contributed by atoms with Gasteiger partial charge in [-0.25, -0.2) is 8.78 Å². The molecule has 3 rings (SSSR count). The van der Waals surface area contributed by atoms with Gasteiger partial charge in [-0.2, -0.15) is 0 Å². The maximum absolute atomic E-state index is 13.8. The lowest BCUT2D eigenvalue weighted by Crippen LogP contribution is -2.09. The van der Waals surface area contributed by atoms with Gasteiger partial charge in [0.05, 0.1) is 4.90 Å². The molecule has 24 heavy (non-hydrogen) atoms. The van der Waals surface area contributed by atoms with Gasteiger partial charge < -0.3 is 4.52 Å². The molecule has 5 nitrogen and oxygen atoms in total. The minimum atomic E-state index is -3.34. The van der Waals surface area contributed by atoms with E-state index in [1.54, 1.807) is 6.92 Å². The number of halogens is 2. The fourth-order valence-electron chi connectivity index (χ4n) is 2.17. The van der Waals surface area contributed by atoms with Crippen molar-refractivity contribution in [1.29, 1.82) is 0 Å². The summed E-state index contributed by atoms with van der Waals surface area (Å²) in [6.07, 6.45) is 0. The maximum atomic E-state index is 13.8. The predicted molar refractivity (Wildman–Crippen MR) is 87.8 cm³/mol. The first-order valence-electron chi connectivity index (χ1n) is 6.90. The molecular weight excluding hydrogens is 338 g/mol. The van der Waals surface area contributed by atoms with E-state index in [1.165, 1.54) is 36.4 Å². The average Bonchev–Trinajstić information content (AvgIpc) is 2.92. The van der Waals surface area contributed by atoms with Crippen molar-refractivity contribution in [2.75, 3.05) is 4.72 Å². The molecule has 1 aromatic heterocycles. The zero-order valence-electron chi connectivity index (χ0n) is 12.5. The first-order chi connectivity index (χ1) is 11.3. The maximum Gasteiger partial charge on any atom is 0.187 e. The minimum Gasteiger partial charge on any atom is -0.360 e. The molecule has 0 atom stereocenters. The summed E-state index contributed by atoms with van der Waals surface area (Å²) < 4.78 is 54.6. The van der Waals surface area contributed by atoms with Crippen LogP contribution in [0.15, 0.2) is 57.9 Å². The van der Waals surface area contributed by atoms with E-state index < -0.39 is 22.4 Å². The quantitative estimate of drug-likeness (QED) is 0.611. The third-order valence-electron chi connectivity index (χ3n) is 3.30. The molecule has 0 saturated heterocycles. The van der Waals surface area contributed by atoms with Crippen molar-refractivity contribution < 1.29 is 22.4 Å². The van der Waals surface area contributed by atoms with Crippen LogP contribution in [0.1, 0.15) is 5.76 Å². The van der Waals surface area contributed by atoms with Gasteiger partial charge in [0, 0.05) is 17.7 Å². The van der Waals surface area contributed by atoms with Crippen LogP contribution in [0.3, 0.4) is 0 Å². The molecule has 0 bridgehead atoms. The Morgan fingerprint density at radius 3 is 2.33 bits per heavy atom. The highest BCUT2D eigenvalue weighted by atomic mass is 32.3. The van der Waals surface area contributed by atoms with Crippen LogP contribution < -0.4 is 4.72 Å². The Kier molecular flexibility index (Phi) is 4.27. The van der Waals surface area contributed by atoms with E-state index in [0.29, 0.717) is 11.3 Å². The molecule has 0 saturated carbocycles. The molecule has 1 heterocycles. The van der Waals surface area contributed by atoms with Crippen molar-refractivity contribution in [3.8, 4) is 11.1 Å². The molecule has 0 amide bonds. The van der Waals surface area contributed by atoms with Crippen molar-refractivity contribution in [2.45, 2.75) is 11.8 Å². The highest BCUT2D eigenvalue weighted by Gasteiger charge is 2.18. The Morgan fingerprint density at radius 2 is 1.75 bits per heavy atom. The summed E-state index contributed by atoms with van der Waals surface area (Å²) in [4.78, 5) is 0.203. The van der Waals surface area contributed by atoms with Crippen molar-refractivity contribution in [3.63, 3.8) is 0 Å². The number of benzene rings is 2. The molecule has 0 aliphatic heterocycles. The largest absolute Gasteiger partial charge is 0.360 e. The lowest BCUT2D eigenvalue weighted by atomic mass is 10.1. The summed E-state index contributed by atoms with van der Waals surface area (Å²) in [5.74, 6) is -0.629. The van der Waals surface area contributed by atoms with Gasteiger partial charge in [-0.1, -0.05) is 28.1 Å². The second kappa shape index (κ2) is 6.23. The summed E-state index contributed by atoms with van der Waals surface area (Å²) in [5.41, 5.74) is 0.711. The Balaban J connectivity index is 1.85. The predicted octanol–water partition coefficient (Wildman–Crippen LogP) is 5.06. The second-order valence-electron chi connectivity index (χ2n) is 5.12. The van der Waals surface area contributed by atoms with E-state index in [0.717, 1.165) is 12.1 Å². The number of aryl methyl sites for hydroxylation is 1. The standard InChI is InChI=1S/C16H14F2N2O3S/c1-10-8-16(19-23-10)20-24(21,22)13-5-2-11(3-6-13)14-7-4-12(17)9-15(14)18/h2-9,21-22H,1H3,(H,19,20). The number of nitrogens with one attached hydrogen (secondary N) is 1. The van der Waals surface area contributed by atoms with Crippen LogP contribution in [-0.4, -0.2) is 14.3 Å². The normalized spacial score (nSPS) is 12.2. The highest BCUT2D eigenvalue weighted by molar-refractivity contribution is 8.25. The molecule has 0 aliphatic rings. The van der Waals surface area contributed by atoms with Crippen LogP contribution >= 0.6 is 10.8 Å². The van der Waals surface area contributed by atoms with Crippen LogP contribution in [0, 0.1) is 18.6 Å². The number of anilines is 1. The Bertz CT molecular complexity index is 866. The van der Waals surface area contributed by atoms with Gasteiger partial charge in [0.25, 0.3) is 0 Å². The summed E-state index contributed by atoms with van der Waals surface area (Å²) in [7, 11) is -3.34. The smallest absolute Gasteiger partial charge is 0.187 e. The molecule has 0 radical (unpaired) electrons. The van der Waals surface area contributed by atoms with E-state index in [2.05, 4.69) is 9.88 Å². The monoisotopic (exact) mass is 352 g/mol. The third-order valence-corrected chi connectivity index (χ3v) is 4.72. The summed E-state index contributed by atoms with van der Waals surface area (Å²) in [6, 6.07) is 10.8. The summed E-state index contributed by atoms with van der Waals surface area (Å²) in [6.45, 7) is 1.68. The van der Waals surface area contributed by atoms with E-state index in [4.69, 9.17) is 4.52 Å². The average molecular weight is 352 g/mol. The van der Waals surface area contributed by atoms with Crippen LogP contribution in [0.2, 0.25) is 0 Å². The fourth-order valence-corrected chi connectivity index (χ4v) is 3.19. The van der Waals surface area contributed by atoms with E-state index in [1.807, 2.05) is 0 Å². The van der Waals surface area contributed by atoms with Crippen molar-refractivity contribution in [1.82, 2.24) is 5.16 Å². The zero-order valence-corrected chi connectivity index (χ0v) is 13.3. The number of nitrogens with zero attached hydrogens (tertiary/aromatic N) is 1. The SMILES string of the molecule is Cc1cc(NS(O)(O)c2ccc(-c3ccc(F)cc3F)cc2)no1. The van der Waals surface area contributed by atoms with Crippen molar-refractivity contribution >= 4 is 16.6 Å². The fraction of sp³-hybridized carbons (Fsp3) is 0.0625. The molecular formula is C16H14F2N2O3S. The number of rotatable bonds is 4. The van der Waals surface area contributed by atoms with Gasteiger partial charge in [-0.3, -0.25) is 13.8 Å². The Hall–Kier alpha value is -2.42. The molecule has 0 spiro atoms. The van der Waals surface area contributed by atoms with Gasteiger partial charge in [0.2, 0.25) is 0 Å². The van der Waals surface area contributed by atoms with Crippen LogP contribution in [0.25, 0.3) is 11.1 Å². The summed E-state index contributed by atoms with van der Waals surface area (Å²) >= 11 is 0. The minimum absolute atomic E-state index is 0.196. The van der Waals surface area contributed by atoms with Gasteiger partial charge in [-0.15, -0.1) is 0 Å². The molecule has 3 N–H and O–H groups in total. The van der Waals surface area contributed by atoms with E-state index in [-0.39, 0.29) is 16.3 Å². The molecule has 8 heteroatoms. The van der Waals surface area contributed by atoms with E-state index >= 15 is 0 Å². The molecule has 0 unspecified atom stereocenters. The Morgan fingerprint density at radius 1 is 1.04 bits per heavy atom. The van der Waals surface area contributed by atoms with Crippen LogP contribution in [-0.2, 0) is 0 Å². The first-order valence-corrected chi connectivity index (χ1v) is 8.45. The first kappa shape index (κ1) is 16.4. The number of aromatic nitrogens is 1. The molecule has 0 fully saturated rings. The lowest BCUT2D eigenvalue weighted by molar-refractivity contribution is 0.399. The molecule has 126 valence electrons. The topological polar surface area (TPSA) is 78.5 Å².